The first kappa shape index (κ1) is 21.9. The SMILES string of the molecule is CCOC(=O)c1ccccc1NC(=O)NCCn1c(-c2ccc(F)cc2)nc2cccnc21. The molecule has 0 aliphatic rings. The number of anilines is 1. The lowest BCUT2D eigenvalue weighted by atomic mass is 10.2. The second-order valence-corrected chi connectivity index (χ2v) is 7.09. The highest BCUT2D eigenvalue weighted by Crippen LogP contribution is 2.23. The molecule has 0 atom stereocenters. The standard InChI is InChI=1S/C24H22FN5O3/c1-2-33-23(31)18-6-3-4-7-19(18)29-24(32)27-14-15-30-21(16-9-11-17(25)12-10-16)28-20-8-5-13-26-22(20)30/h3-13H,2,14-15H2,1H3,(H2,27,29,32). The number of para-hydroxylation sites is 1. The second kappa shape index (κ2) is 9.90. The molecule has 0 fully saturated rings. The number of ether oxygens (including phenoxy) is 1. The van der Waals surface area contributed by atoms with Gasteiger partial charge in [0, 0.05) is 24.8 Å². The maximum Gasteiger partial charge on any atom is 0.340 e. The molecule has 9 heteroatoms. The summed E-state index contributed by atoms with van der Waals surface area (Å²) in [6.45, 7) is 2.61. The number of aromatic nitrogens is 3. The highest BCUT2D eigenvalue weighted by Gasteiger charge is 2.16. The number of nitrogens with zero attached hydrogens (tertiary/aromatic N) is 3. The van der Waals surface area contributed by atoms with Crippen LogP contribution in [-0.2, 0) is 11.3 Å². The Balaban J connectivity index is 1.48. The molecule has 0 saturated carbocycles. The minimum Gasteiger partial charge on any atom is -0.462 e. The van der Waals surface area contributed by atoms with E-state index in [0.29, 0.717) is 29.2 Å². The number of benzene rings is 2. The Labute approximate surface area is 189 Å². The Morgan fingerprint density at radius 2 is 1.85 bits per heavy atom. The molecule has 2 aromatic heterocycles. The maximum absolute atomic E-state index is 13.4. The third-order valence-electron chi connectivity index (χ3n) is 4.90. The summed E-state index contributed by atoms with van der Waals surface area (Å²) in [4.78, 5) is 33.6. The molecule has 0 aliphatic carbocycles. The first-order valence-electron chi connectivity index (χ1n) is 10.4. The zero-order valence-electron chi connectivity index (χ0n) is 17.9. The summed E-state index contributed by atoms with van der Waals surface area (Å²) in [5.41, 5.74) is 2.73. The molecular weight excluding hydrogens is 425 g/mol. The zero-order valence-corrected chi connectivity index (χ0v) is 17.9. The van der Waals surface area contributed by atoms with Crippen LogP contribution in [0.25, 0.3) is 22.6 Å². The van der Waals surface area contributed by atoms with Crippen molar-refractivity contribution in [2.75, 3.05) is 18.5 Å². The van der Waals surface area contributed by atoms with Gasteiger partial charge in [0.2, 0.25) is 0 Å². The van der Waals surface area contributed by atoms with Crippen molar-refractivity contribution in [3.8, 4) is 11.4 Å². The van der Waals surface area contributed by atoms with Gasteiger partial charge < -0.3 is 19.9 Å². The van der Waals surface area contributed by atoms with Crippen molar-refractivity contribution in [2.45, 2.75) is 13.5 Å². The number of urea groups is 1. The molecule has 0 saturated heterocycles. The van der Waals surface area contributed by atoms with Crippen LogP contribution < -0.4 is 10.6 Å². The molecule has 2 amide bonds. The van der Waals surface area contributed by atoms with Gasteiger partial charge in [0.1, 0.15) is 17.2 Å². The van der Waals surface area contributed by atoms with Crippen molar-refractivity contribution in [2.24, 2.45) is 0 Å². The average Bonchev–Trinajstić information content (AvgIpc) is 3.19. The molecule has 33 heavy (non-hydrogen) atoms. The Morgan fingerprint density at radius 3 is 2.64 bits per heavy atom. The predicted molar refractivity (Wildman–Crippen MR) is 122 cm³/mol. The molecule has 0 unspecified atom stereocenters. The molecule has 2 aromatic carbocycles. The van der Waals surface area contributed by atoms with Crippen molar-refractivity contribution in [1.82, 2.24) is 19.9 Å². The summed E-state index contributed by atoms with van der Waals surface area (Å²) in [7, 11) is 0. The minimum atomic E-state index is -0.506. The van der Waals surface area contributed by atoms with Crippen molar-refractivity contribution >= 4 is 28.9 Å². The van der Waals surface area contributed by atoms with Crippen molar-refractivity contribution in [3.63, 3.8) is 0 Å². The third kappa shape index (κ3) is 4.98. The summed E-state index contributed by atoms with van der Waals surface area (Å²) in [6.07, 6.45) is 1.67. The molecule has 8 nitrogen and oxygen atoms in total. The lowest BCUT2D eigenvalue weighted by Crippen LogP contribution is -2.32. The smallest absolute Gasteiger partial charge is 0.340 e. The van der Waals surface area contributed by atoms with Crippen molar-refractivity contribution in [1.29, 1.82) is 0 Å². The van der Waals surface area contributed by atoms with Gasteiger partial charge in [0.25, 0.3) is 0 Å². The number of imidazole rings is 1. The van der Waals surface area contributed by atoms with E-state index < -0.39 is 12.0 Å². The Kier molecular flexibility index (Phi) is 6.58. The molecule has 4 aromatic rings. The van der Waals surface area contributed by atoms with E-state index in [1.54, 1.807) is 55.6 Å². The number of rotatable bonds is 7. The van der Waals surface area contributed by atoms with Crippen molar-refractivity contribution in [3.05, 3.63) is 78.2 Å². The summed E-state index contributed by atoms with van der Waals surface area (Å²) >= 11 is 0. The fraction of sp³-hybridized carbons (Fsp3) is 0.167. The number of carbonyl (C=O) groups excluding carboxylic acids is 2. The van der Waals surface area contributed by atoms with Crippen LogP contribution in [0.5, 0.6) is 0 Å². The number of esters is 1. The molecule has 0 radical (unpaired) electrons. The van der Waals surface area contributed by atoms with Crippen LogP contribution in [0.15, 0.2) is 66.9 Å². The summed E-state index contributed by atoms with van der Waals surface area (Å²) in [6, 6.07) is 15.9. The predicted octanol–water partition coefficient (Wildman–Crippen LogP) is 4.24. The van der Waals surface area contributed by atoms with Crippen LogP contribution in [0.3, 0.4) is 0 Å². The minimum absolute atomic E-state index is 0.239. The van der Waals surface area contributed by atoms with E-state index in [0.717, 1.165) is 5.56 Å². The second-order valence-electron chi connectivity index (χ2n) is 7.09. The van der Waals surface area contributed by atoms with Gasteiger partial charge in [-0.1, -0.05) is 12.1 Å². The number of hydrogen-bond donors (Lipinski definition) is 2. The first-order valence-corrected chi connectivity index (χ1v) is 10.4. The number of amides is 2. The molecular formula is C24H22FN5O3. The number of carbonyl (C=O) groups is 2. The molecule has 2 heterocycles. The van der Waals surface area contributed by atoms with E-state index in [2.05, 4.69) is 20.6 Å². The van der Waals surface area contributed by atoms with Gasteiger partial charge in [-0.2, -0.15) is 0 Å². The number of nitrogens with one attached hydrogen (secondary N) is 2. The van der Waals surface area contributed by atoms with Gasteiger partial charge in [0.05, 0.1) is 17.9 Å². The number of hydrogen-bond acceptors (Lipinski definition) is 5. The van der Waals surface area contributed by atoms with E-state index in [4.69, 9.17) is 4.74 Å². The summed E-state index contributed by atoms with van der Waals surface area (Å²) in [5.74, 6) is -0.215. The number of pyridine rings is 1. The highest BCUT2D eigenvalue weighted by molar-refractivity contribution is 6.00. The highest BCUT2D eigenvalue weighted by atomic mass is 19.1. The Hall–Kier alpha value is -4.27. The molecule has 0 bridgehead atoms. The van der Waals surface area contributed by atoms with Gasteiger partial charge in [-0.15, -0.1) is 0 Å². The van der Waals surface area contributed by atoms with Crippen LogP contribution in [0.4, 0.5) is 14.9 Å². The summed E-state index contributed by atoms with van der Waals surface area (Å²) < 4.78 is 20.3. The van der Waals surface area contributed by atoms with Gasteiger partial charge in [-0.25, -0.2) is 23.9 Å². The van der Waals surface area contributed by atoms with E-state index in [-0.39, 0.29) is 24.5 Å². The van der Waals surface area contributed by atoms with Gasteiger partial charge in [0.15, 0.2) is 5.65 Å². The van der Waals surface area contributed by atoms with E-state index in [1.807, 2.05) is 10.6 Å². The largest absolute Gasteiger partial charge is 0.462 e. The number of fused-ring (bicyclic) bond motifs is 1. The van der Waals surface area contributed by atoms with E-state index in [9.17, 15) is 14.0 Å². The van der Waals surface area contributed by atoms with Gasteiger partial charge in [-0.05, 0) is 55.5 Å². The lowest BCUT2D eigenvalue weighted by Gasteiger charge is -2.13. The third-order valence-corrected chi connectivity index (χ3v) is 4.90. The normalized spacial score (nSPS) is 10.7. The van der Waals surface area contributed by atoms with Crippen LogP contribution in [0.1, 0.15) is 17.3 Å². The molecule has 168 valence electrons. The molecule has 0 spiro atoms. The monoisotopic (exact) mass is 447 g/mol. The van der Waals surface area contributed by atoms with Crippen molar-refractivity contribution < 1.29 is 18.7 Å². The lowest BCUT2D eigenvalue weighted by molar-refractivity contribution is 0.0527. The first-order chi connectivity index (χ1) is 16.1. The topological polar surface area (TPSA) is 98.1 Å². The Bertz CT molecular complexity index is 1290. The van der Waals surface area contributed by atoms with Gasteiger partial charge in [-0.3, -0.25) is 0 Å². The fourth-order valence-corrected chi connectivity index (χ4v) is 3.42. The molecule has 4 rings (SSSR count). The molecule has 2 N–H and O–H groups in total. The maximum atomic E-state index is 13.4. The van der Waals surface area contributed by atoms with Crippen LogP contribution in [-0.4, -0.2) is 39.7 Å². The van der Waals surface area contributed by atoms with Gasteiger partial charge >= 0.3 is 12.0 Å². The zero-order chi connectivity index (χ0) is 23.2. The fourth-order valence-electron chi connectivity index (χ4n) is 3.42. The van der Waals surface area contributed by atoms with Crippen LogP contribution in [0, 0.1) is 5.82 Å². The van der Waals surface area contributed by atoms with Crippen LogP contribution in [0.2, 0.25) is 0 Å². The Morgan fingerprint density at radius 1 is 1.06 bits per heavy atom. The van der Waals surface area contributed by atoms with E-state index in [1.165, 1.54) is 12.1 Å². The van der Waals surface area contributed by atoms with Crippen LogP contribution >= 0.6 is 0 Å². The quantitative estimate of drug-likeness (QED) is 0.413. The average molecular weight is 447 g/mol. The summed E-state index contributed by atoms with van der Waals surface area (Å²) in [5, 5.41) is 5.47. The number of halogens is 1. The molecule has 0 aliphatic heterocycles. The van der Waals surface area contributed by atoms with E-state index >= 15 is 0 Å².